The first kappa shape index (κ1) is 10.5. The molecular weight excluding hydrogens is 212 g/mol. The first-order valence-corrected chi connectivity index (χ1v) is 5.33. The first-order valence-electron chi connectivity index (χ1n) is 4.95. The zero-order chi connectivity index (χ0) is 11.0. The fraction of sp³-hybridized carbons (Fsp3) is 0.333. The molecule has 0 saturated heterocycles. The number of hydrogen-bond donors (Lipinski definition) is 1. The summed E-state index contributed by atoms with van der Waals surface area (Å²) in [6, 6.07) is 7.26. The van der Waals surface area contributed by atoms with Gasteiger partial charge in [-0.25, -0.2) is 0 Å². The van der Waals surface area contributed by atoms with Crippen molar-refractivity contribution in [3.8, 4) is 0 Å². The smallest absolute Gasteiger partial charge is 0.134 e. The van der Waals surface area contributed by atoms with E-state index in [-0.39, 0.29) is 5.92 Å². The van der Waals surface area contributed by atoms with Crippen molar-refractivity contribution in [2.75, 3.05) is 0 Å². The van der Waals surface area contributed by atoms with Gasteiger partial charge in [0.05, 0.1) is 0 Å². The van der Waals surface area contributed by atoms with E-state index >= 15 is 0 Å². The number of aliphatic hydroxyl groups excluding tert-OH is 1. The summed E-state index contributed by atoms with van der Waals surface area (Å²) in [5.41, 5.74) is 0.758. The SMILES string of the molecule is CC(C)C(O)c1cc2cc(Cl)ccc2o1. The fourth-order valence-electron chi connectivity index (χ4n) is 1.51. The second kappa shape index (κ2) is 3.87. The summed E-state index contributed by atoms with van der Waals surface area (Å²) in [6.45, 7) is 3.90. The molecule has 80 valence electrons. The molecular formula is C12H13ClO2. The molecule has 0 aliphatic rings. The minimum atomic E-state index is -0.559. The molecule has 0 bridgehead atoms. The van der Waals surface area contributed by atoms with Crippen LogP contribution in [0.4, 0.5) is 0 Å². The second-order valence-electron chi connectivity index (χ2n) is 4.02. The standard InChI is InChI=1S/C12H13ClO2/c1-7(2)12(14)11-6-8-5-9(13)3-4-10(8)15-11/h3-7,12,14H,1-2H3. The number of rotatable bonds is 2. The quantitative estimate of drug-likeness (QED) is 0.842. The highest BCUT2D eigenvalue weighted by molar-refractivity contribution is 6.31. The van der Waals surface area contributed by atoms with Crippen molar-refractivity contribution in [1.29, 1.82) is 0 Å². The van der Waals surface area contributed by atoms with E-state index in [1.807, 2.05) is 32.0 Å². The minimum absolute atomic E-state index is 0.140. The number of hydrogen-bond acceptors (Lipinski definition) is 2. The van der Waals surface area contributed by atoms with Crippen LogP contribution in [0.2, 0.25) is 5.02 Å². The Morgan fingerprint density at radius 2 is 2.00 bits per heavy atom. The van der Waals surface area contributed by atoms with Crippen LogP contribution in [0.25, 0.3) is 11.0 Å². The maximum atomic E-state index is 9.84. The third kappa shape index (κ3) is 2.01. The Morgan fingerprint density at radius 3 is 2.67 bits per heavy atom. The number of furan rings is 1. The van der Waals surface area contributed by atoms with Crippen LogP contribution in [0.15, 0.2) is 28.7 Å². The molecule has 0 spiro atoms. The highest BCUT2D eigenvalue weighted by Gasteiger charge is 2.16. The number of benzene rings is 1. The summed E-state index contributed by atoms with van der Waals surface area (Å²) in [6.07, 6.45) is -0.559. The number of fused-ring (bicyclic) bond motifs is 1. The van der Waals surface area contributed by atoms with Crippen LogP contribution in [0, 0.1) is 5.92 Å². The zero-order valence-electron chi connectivity index (χ0n) is 8.70. The molecule has 0 aliphatic carbocycles. The molecule has 1 aromatic carbocycles. The number of halogens is 1. The lowest BCUT2D eigenvalue weighted by atomic mass is 10.1. The Hall–Kier alpha value is -0.990. The molecule has 15 heavy (non-hydrogen) atoms. The van der Waals surface area contributed by atoms with Gasteiger partial charge in [0.2, 0.25) is 0 Å². The molecule has 0 fully saturated rings. The van der Waals surface area contributed by atoms with Crippen molar-refractivity contribution in [3.63, 3.8) is 0 Å². The van der Waals surface area contributed by atoms with Crippen LogP contribution in [0.3, 0.4) is 0 Å². The topological polar surface area (TPSA) is 33.4 Å². The maximum absolute atomic E-state index is 9.84. The van der Waals surface area contributed by atoms with Gasteiger partial charge in [-0.2, -0.15) is 0 Å². The first-order chi connectivity index (χ1) is 7.08. The Balaban J connectivity index is 2.47. The van der Waals surface area contributed by atoms with Gasteiger partial charge >= 0.3 is 0 Å². The van der Waals surface area contributed by atoms with Crippen LogP contribution in [0.1, 0.15) is 25.7 Å². The van der Waals surface area contributed by atoms with E-state index in [4.69, 9.17) is 16.0 Å². The number of aliphatic hydroxyl groups is 1. The minimum Gasteiger partial charge on any atom is -0.458 e. The molecule has 0 radical (unpaired) electrons. The van der Waals surface area contributed by atoms with Gasteiger partial charge in [-0.1, -0.05) is 25.4 Å². The fourth-order valence-corrected chi connectivity index (χ4v) is 1.69. The average molecular weight is 225 g/mol. The van der Waals surface area contributed by atoms with Crippen molar-refractivity contribution in [1.82, 2.24) is 0 Å². The Labute approximate surface area is 93.5 Å². The monoisotopic (exact) mass is 224 g/mol. The van der Waals surface area contributed by atoms with E-state index in [2.05, 4.69) is 0 Å². The molecule has 1 unspecified atom stereocenters. The van der Waals surface area contributed by atoms with Crippen molar-refractivity contribution in [2.24, 2.45) is 5.92 Å². The van der Waals surface area contributed by atoms with Gasteiger partial charge in [0.15, 0.2) is 0 Å². The zero-order valence-corrected chi connectivity index (χ0v) is 9.45. The van der Waals surface area contributed by atoms with Crippen LogP contribution >= 0.6 is 11.6 Å². The molecule has 1 heterocycles. The van der Waals surface area contributed by atoms with Crippen LogP contribution in [-0.4, -0.2) is 5.11 Å². The second-order valence-corrected chi connectivity index (χ2v) is 4.46. The van der Waals surface area contributed by atoms with Crippen LogP contribution in [-0.2, 0) is 0 Å². The van der Waals surface area contributed by atoms with Crippen LogP contribution < -0.4 is 0 Å². The van der Waals surface area contributed by atoms with Crippen molar-refractivity contribution in [2.45, 2.75) is 20.0 Å². The molecule has 1 aromatic heterocycles. The normalized spacial score (nSPS) is 13.7. The highest BCUT2D eigenvalue weighted by atomic mass is 35.5. The summed E-state index contributed by atoms with van der Waals surface area (Å²) < 4.78 is 5.54. The molecule has 1 N–H and O–H groups in total. The lowest BCUT2D eigenvalue weighted by Crippen LogP contribution is -2.03. The molecule has 2 rings (SSSR count). The summed E-state index contributed by atoms with van der Waals surface area (Å²) in [5.74, 6) is 0.739. The van der Waals surface area contributed by atoms with E-state index in [9.17, 15) is 5.11 Å². The molecule has 2 aromatic rings. The predicted octanol–water partition coefficient (Wildman–Crippen LogP) is 3.78. The van der Waals surface area contributed by atoms with Gasteiger partial charge in [0.25, 0.3) is 0 Å². The van der Waals surface area contributed by atoms with E-state index in [1.165, 1.54) is 0 Å². The lowest BCUT2D eigenvalue weighted by Gasteiger charge is -2.10. The van der Waals surface area contributed by atoms with Gasteiger partial charge in [0, 0.05) is 10.4 Å². The van der Waals surface area contributed by atoms with Gasteiger partial charge in [0.1, 0.15) is 17.4 Å². The maximum Gasteiger partial charge on any atom is 0.134 e. The molecule has 0 aliphatic heterocycles. The van der Waals surface area contributed by atoms with Crippen molar-refractivity contribution < 1.29 is 9.52 Å². The predicted molar refractivity (Wildman–Crippen MR) is 61.0 cm³/mol. The van der Waals surface area contributed by atoms with E-state index in [1.54, 1.807) is 6.07 Å². The molecule has 0 saturated carbocycles. The molecule has 1 atom stereocenters. The summed E-state index contributed by atoms with van der Waals surface area (Å²) >= 11 is 5.87. The summed E-state index contributed by atoms with van der Waals surface area (Å²) in [5, 5.41) is 11.4. The summed E-state index contributed by atoms with van der Waals surface area (Å²) in [7, 11) is 0. The van der Waals surface area contributed by atoms with E-state index in [0.717, 1.165) is 11.0 Å². The average Bonchev–Trinajstić information content (AvgIpc) is 2.58. The lowest BCUT2D eigenvalue weighted by molar-refractivity contribution is 0.104. The third-order valence-corrected chi connectivity index (χ3v) is 2.66. The van der Waals surface area contributed by atoms with E-state index < -0.39 is 6.10 Å². The molecule has 3 heteroatoms. The summed E-state index contributed by atoms with van der Waals surface area (Å²) in [4.78, 5) is 0. The Morgan fingerprint density at radius 1 is 1.27 bits per heavy atom. The van der Waals surface area contributed by atoms with Gasteiger partial charge < -0.3 is 9.52 Å². The third-order valence-electron chi connectivity index (χ3n) is 2.42. The van der Waals surface area contributed by atoms with Crippen molar-refractivity contribution in [3.05, 3.63) is 35.0 Å². The Kier molecular flexibility index (Phi) is 2.72. The molecule has 0 amide bonds. The highest BCUT2D eigenvalue weighted by Crippen LogP contribution is 2.29. The van der Waals surface area contributed by atoms with E-state index in [0.29, 0.717) is 10.8 Å². The van der Waals surface area contributed by atoms with Gasteiger partial charge in [-0.05, 0) is 30.2 Å². The van der Waals surface area contributed by atoms with Crippen LogP contribution in [0.5, 0.6) is 0 Å². The van der Waals surface area contributed by atoms with Crippen molar-refractivity contribution >= 4 is 22.6 Å². The largest absolute Gasteiger partial charge is 0.458 e. The van der Waals surface area contributed by atoms with Gasteiger partial charge in [-0.15, -0.1) is 0 Å². The molecule has 2 nitrogen and oxygen atoms in total. The Bertz CT molecular complexity index is 473. The van der Waals surface area contributed by atoms with Gasteiger partial charge in [-0.3, -0.25) is 0 Å².